The standard InChI is InChI=1S/C28H27F2N5O2S/c1-35(27-31-14-13-19(33-27)15-24-26(36)34-28(37)38-24)20-11-9-18(10-12-20)32-16-17-5-2-3-6-21(17)25-22(29)7-4-8-23(25)30/h2-8,13-15,18,20,32H,9-12,16H2,1H3,(H,34,36,37)/b24-15-/t18-,20-. The molecule has 1 aromatic heterocycles. The lowest BCUT2D eigenvalue weighted by molar-refractivity contribution is -0.115. The first kappa shape index (κ1) is 26.0. The molecule has 1 aliphatic heterocycles. The first-order valence-electron chi connectivity index (χ1n) is 12.5. The van der Waals surface area contributed by atoms with E-state index in [-0.39, 0.29) is 22.9 Å². The third-order valence-corrected chi connectivity index (χ3v) is 7.79. The Morgan fingerprint density at radius 2 is 1.79 bits per heavy atom. The maximum absolute atomic E-state index is 14.4. The number of thioether (sulfide) groups is 1. The molecule has 0 radical (unpaired) electrons. The molecule has 2 aliphatic rings. The normalized spacial score (nSPS) is 20.6. The van der Waals surface area contributed by atoms with Crippen LogP contribution in [0.4, 0.5) is 19.5 Å². The van der Waals surface area contributed by atoms with Crippen molar-refractivity contribution in [3.8, 4) is 11.1 Å². The van der Waals surface area contributed by atoms with Crippen LogP contribution in [0, 0.1) is 11.6 Å². The van der Waals surface area contributed by atoms with Crippen molar-refractivity contribution in [3.63, 3.8) is 0 Å². The number of nitrogens with zero attached hydrogens (tertiary/aromatic N) is 3. The summed E-state index contributed by atoms with van der Waals surface area (Å²) in [6, 6.07) is 13.5. The second-order valence-electron chi connectivity index (χ2n) is 9.38. The van der Waals surface area contributed by atoms with Gasteiger partial charge in [-0.3, -0.25) is 14.9 Å². The van der Waals surface area contributed by atoms with Gasteiger partial charge in [-0.15, -0.1) is 0 Å². The summed E-state index contributed by atoms with van der Waals surface area (Å²) in [6.07, 6.45) is 6.98. The number of hydrogen-bond acceptors (Lipinski definition) is 7. The smallest absolute Gasteiger partial charge is 0.290 e. The third kappa shape index (κ3) is 5.76. The van der Waals surface area contributed by atoms with E-state index in [9.17, 15) is 18.4 Å². The molecule has 7 nitrogen and oxygen atoms in total. The highest BCUT2D eigenvalue weighted by Gasteiger charge is 2.27. The number of hydrogen-bond donors (Lipinski definition) is 2. The summed E-state index contributed by atoms with van der Waals surface area (Å²) in [6.45, 7) is 0.517. The number of carbonyl (C=O) groups is 2. The minimum Gasteiger partial charge on any atom is -0.341 e. The van der Waals surface area contributed by atoms with Crippen LogP contribution >= 0.6 is 11.8 Å². The van der Waals surface area contributed by atoms with E-state index in [1.807, 2.05) is 19.2 Å². The number of rotatable bonds is 7. The maximum atomic E-state index is 14.4. The molecule has 0 atom stereocenters. The number of anilines is 1. The van der Waals surface area contributed by atoms with E-state index in [0.29, 0.717) is 28.7 Å². The number of halogens is 2. The Balaban J connectivity index is 1.19. The molecule has 0 spiro atoms. The Bertz CT molecular complexity index is 1370. The van der Waals surface area contributed by atoms with E-state index in [0.717, 1.165) is 43.0 Å². The summed E-state index contributed by atoms with van der Waals surface area (Å²) in [5.74, 6) is -0.989. The Labute approximate surface area is 223 Å². The number of imide groups is 1. The quantitative estimate of drug-likeness (QED) is 0.398. The van der Waals surface area contributed by atoms with Gasteiger partial charge in [0.25, 0.3) is 11.1 Å². The van der Waals surface area contributed by atoms with Crippen molar-refractivity contribution in [2.45, 2.75) is 44.3 Å². The largest absolute Gasteiger partial charge is 0.341 e. The monoisotopic (exact) mass is 535 g/mol. The highest BCUT2D eigenvalue weighted by atomic mass is 32.2. The molecule has 0 unspecified atom stereocenters. The van der Waals surface area contributed by atoms with Crippen LogP contribution in [-0.2, 0) is 11.3 Å². The lowest BCUT2D eigenvalue weighted by Crippen LogP contribution is -2.41. The minimum absolute atomic E-state index is 0.00635. The molecule has 3 aromatic rings. The van der Waals surface area contributed by atoms with E-state index in [4.69, 9.17) is 0 Å². The molecule has 2 aromatic carbocycles. The van der Waals surface area contributed by atoms with Crippen LogP contribution < -0.4 is 15.5 Å². The Hall–Kier alpha value is -3.63. The highest BCUT2D eigenvalue weighted by molar-refractivity contribution is 8.18. The van der Waals surface area contributed by atoms with Gasteiger partial charge in [-0.1, -0.05) is 30.3 Å². The maximum Gasteiger partial charge on any atom is 0.290 e. The topological polar surface area (TPSA) is 87.2 Å². The number of amides is 2. The van der Waals surface area contributed by atoms with Crippen molar-refractivity contribution >= 4 is 34.9 Å². The van der Waals surface area contributed by atoms with Crippen molar-refractivity contribution in [2.75, 3.05) is 11.9 Å². The summed E-state index contributed by atoms with van der Waals surface area (Å²) in [4.78, 5) is 34.6. The summed E-state index contributed by atoms with van der Waals surface area (Å²) in [5, 5.41) is 5.43. The van der Waals surface area contributed by atoms with Crippen LogP contribution in [0.2, 0.25) is 0 Å². The highest BCUT2D eigenvalue weighted by Crippen LogP contribution is 2.30. The van der Waals surface area contributed by atoms with Gasteiger partial charge in [0.2, 0.25) is 5.95 Å². The molecular weight excluding hydrogens is 508 g/mol. The minimum atomic E-state index is -0.567. The van der Waals surface area contributed by atoms with Crippen LogP contribution in [0.15, 0.2) is 59.6 Å². The van der Waals surface area contributed by atoms with E-state index in [2.05, 4.69) is 25.5 Å². The van der Waals surface area contributed by atoms with Crippen molar-refractivity contribution in [3.05, 3.63) is 82.5 Å². The van der Waals surface area contributed by atoms with Crippen LogP contribution in [0.5, 0.6) is 0 Å². The van der Waals surface area contributed by atoms with Gasteiger partial charge in [0.05, 0.1) is 16.2 Å². The molecule has 1 aliphatic carbocycles. The van der Waals surface area contributed by atoms with Gasteiger partial charge in [0, 0.05) is 31.9 Å². The van der Waals surface area contributed by atoms with Gasteiger partial charge in [-0.2, -0.15) is 0 Å². The summed E-state index contributed by atoms with van der Waals surface area (Å²) in [5.41, 5.74) is 1.99. The van der Waals surface area contributed by atoms with Crippen molar-refractivity contribution in [2.24, 2.45) is 0 Å². The van der Waals surface area contributed by atoms with Gasteiger partial charge in [-0.25, -0.2) is 18.7 Å². The Kier molecular flexibility index (Phi) is 7.80. The molecule has 0 bridgehead atoms. The molecule has 2 fully saturated rings. The molecule has 2 amide bonds. The summed E-state index contributed by atoms with van der Waals surface area (Å²) in [7, 11) is 1.96. The van der Waals surface area contributed by atoms with Gasteiger partial charge in [0.1, 0.15) is 11.6 Å². The van der Waals surface area contributed by atoms with Crippen LogP contribution in [0.3, 0.4) is 0 Å². The fourth-order valence-corrected chi connectivity index (χ4v) is 5.59. The molecular formula is C28H27F2N5O2S. The number of aromatic nitrogens is 2. The lowest BCUT2D eigenvalue weighted by atomic mass is 9.90. The zero-order valence-corrected chi connectivity index (χ0v) is 21.6. The SMILES string of the molecule is CN(c1nccc(/C=C2\SC(=O)NC2=O)n1)[C@H]1CC[C@H](NCc2ccccc2-c2c(F)cccc2F)CC1. The van der Waals surface area contributed by atoms with Gasteiger partial charge in [0.15, 0.2) is 0 Å². The molecule has 196 valence electrons. The molecule has 1 saturated carbocycles. The van der Waals surface area contributed by atoms with Gasteiger partial charge in [-0.05, 0) is 72.8 Å². The second-order valence-corrected chi connectivity index (χ2v) is 10.4. The van der Waals surface area contributed by atoms with Crippen LogP contribution in [0.1, 0.15) is 36.9 Å². The average Bonchev–Trinajstić information content (AvgIpc) is 3.24. The summed E-state index contributed by atoms with van der Waals surface area (Å²) >= 11 is 0.858. The molecule has 2 heterocycles. The molecule has 2 N–H and O–H groups in total. The van der Waals surface area contributed by atoms with E-state index in [1.165, 1.54) is 18.2 Å². The third-order valence-electron chi connectivity index (χ3n) is 6.98. The predicted molar refractivity (Wildman–Crippen MR) is 144 cm³/mol. The second kappa shape index (κ2) is 11.4. The van der Waals surface area contributed by atoms with Crippen molar-refractivity contribution in [1.29, 1.82) is 0 Å². The fourth-order valence-electron chi connectivity index (χ4n) is 4.93. The van der Waals surface area contributed by atoms with Crippen LogP contribution in [-0.4, -0.2) is 40.2 Å². The van der Waals surface area contributed by atoms with Gasteiger partial charge < -0.3 is 10.2 Å². The molecule has 1 saturated heterocycles. The average molecular weight is 536 g/mol. The number of nitrogens with one attached hydrogen (secondary N) is 2. The first-order valence-corrected chi connectivity index (χ1v) is 13.3. The molecule has 10 heteroatoms. The van der Waals surface area contributed by atoms with Crippen molar-refractivity contribution in [1.82, 2.24) is 20.6 Å². The molecule has 38 heavy (non-hydrogen) atoms. The van der Waals surface area contributed by atoms with E-state index < -0.39 is 17.5 Å². The van der Waals surface area contributed by atoms with Crippen molar-refractivity contribution < 1.29 is 18.4 Å². The van der Waals surface area contributed by atoms with Crippen LogP contribution in [0.25, 0.3) is 17.2 Å². The summed E-state index contributed by atoms with van der Waals surface area (Å²) < 4.78 is 28.8. The van der Waals surface area contributed by atoms with E-state index >= 15 is 0 Å². The Morgan fingerprint density at radius 1 is 1.05 bits per heavy atom. The Morgan fingerprint density at radius 3 is 2.50 bits per heavy atom. The van der Waals surface area contributed by atoms with Gasteiger partial charge >= 0.3 is 0 Å². The zero-order valence-electron chi connectivity index (χ0n) is 20.8. The zero-order chi connectivity index (χ0) is 26.6. The van der Waals surface area contributed by atoms with E-state index in [1.54, 1.807) is 30.5 Å². The number of benzene rings is 2. The lowest BCUT2D eigenvalue weighted by Gasteiger charge is -2.35. The molecule has 5 rings (SSSR count). The first-order chi connectivity index (χ1) is 18.4. The fraction of sp³-hybridized carbons (Fsp3) is 0.286. The predicted octanol–water partition coefficient (Wildman–Crippen LogP) is 5.28. The number of carbonyl (C=O) groups excluding carboxylic acids is 2.